The fraction of sp³-hybridized carbons (Fsp3) is 0.926. The number of ether oxygens (including phenoxy) is 2. The van der Waals surface area contributed by atoms with Crippen molar-refractivity contribution in [2.45, 2.75) is 142 Å². The summed E-state index contributed by atoms with van der Waals surface area (Å²) in [7, 11) is 0. The van der Waals surface area contributed by atoms with Crippen molar-refractivity contribution in [1.29, 1.82) is 0 Å². The number of carbonyl (C=O) groups excluding carboxylic acids is 2. The Morgan fingerprint density at radius 2 is 1.10 bits per heavy atom. The van der Waals surface area contributed by atoms with Crippen molar-refractivity contribution in [1.82, 2.24) is 0 Å². The number of hydrogen-bond acceptors (Lipinski definition) is 4. The van der Waals surface area contributed by atoms with Crippen LogP contribution in [0.3, 0.4) is 0 Å². The molecule has 0 aliphatic heterocycles. The maximum Gasteiger partial charge on any atom is 0.305 e. The normalized spacial score (nSPS) is 14.5. The molecule has 0 saturated heterocycles. The Bertz CT molecular complexity index is 429. The summed E-state index contributed by atoms with van der Waals surface area (Å²) in [5.74, 6) is 0.321. The van der Waals surface area contributed by atoms with Crippen LogP contribution < -0.4 is 0 Å². The van der Waals surface area contributed by atoms with Gasteiger partial charge in [0.15, 0.2) is 0 Å². The van der Waals surface area contributed by atoms with Gasteiger partial charge in [0.05, 0.1) is 13.2 Å². The molecule has 1 aliphatic rings. The van der Waals surface area contributed by atoms with Crippen molar-refractivity contribution < 1.29 is 19.1 Å². The lowest BCUT2D eigenvalue weighted by Gasteiger charge is -2.20. The van der Waals surface area contributed by atoms with Crippen LogP contribution in [0, 0.1) is 5.92 Å². The molecule has 182 valence electrons. The highest BCUT2D eigenvalue weighted by molar-refractivity contribution is 5.70. The van der Waals surface area contributed by atoms with Crippen molar-refractivity contribution in [2.24, 2.45) is 5.92 Å². The fourth-order valence-electron chi connectivity index (χ4n) is 4.38. The SMILES string of the molecule is CCCCCCCCCCCCCCOC(=O)CCCCC(=O)OCC1CCCCC1. The van der Waals surface area contributed by atoms with Crippen LogP contribution in [-0.4, -0.2) is 25.2 Å². The van der Waals surface area contributed by atoms with Gasteiger partial charge in [0.2, 0.25) is 0 Å². The molecule has 0 N–H and O–H groups in total. The summed E-state index contributed by atoms with van der Waals surface area (Å²) in [6.07, 6.45) is 24.2. The fourth-order valence-corrected chi connectivity index (χ4v) is 4.38. The molecule has 1 saturated carbocycles. The summed E-state index contributed by atoms with van der Waals surface area (Å²) in [5.41, 5.74) is 0. The van der Waals surface area contributed by atoms with E-state index in [1.54, 1.807) is 0 Å². The molecule has 1 rings (SSSR count). The summed E-state index contributed by atoms with van der Waals surface area (Å²) in [6, 6.07) is 0. The summed E-state index contributed by atoms with van der Waals surface area (Å²) >= 11 is 0. The molecule has 31 heavy (non-hydrogen) atoms. The van der Waals surface area contributed by atoms with Gasteiger partial charge in [-0.15, -0.1) is 0 Å². The largest absolute Gasteiger partial charge is 0.466 e. The van der Waals surface area contributed by atoms with Crippen molar-refractivity contribution in [3.8, 4) is 0 Å². The van der Waals surface area contributed by atoms with E-state index in [2.05, 4.69) is 6.92 Å². The van der Waals surface area contributed by atoms with Gasteiger partial charge in [-0.1, -0.05) is 96.8 Å². The molecule has 0 heterocycles. The van der Waals surface area contributed by atoms with E-state index in [1.165, 1.54) is 96.3 Å². The maximum absolute atomic E-state index is 11.8. The monoisotopic (exact) mass is 438 g/mol. The van der Waals surface area contributed by atoms with E-state index in [1.807, 2.05) is 0 Å². The second-order valence-corrected chi connectivity index (χ2v) is 9.50. The van der Waals surface area contributed by atoms with E-state index in [4.69, 9.17) is 9.47 Å². The molecule has 0 aromatic rings. The molecular formula is C27H50O4. The number of hydrogen-bond donors (Lipinski definition) is 0. The summed E-state index contributed by atoms with van der Waals surface area (Å²) in [5, 5.41) is 0. The van der Waals surface area contributed by atoms with Gasteiger partial charge in [-0.2, -0.15) is 0 Å². The first-order chi connectivity index (χ1) is 15.2. The number of rotatable bonds is 20. The Labute approximate surface area is 192 Å². The van der Waals surface area contributed by atoms with Gasteiger partial charge in [-0.25, -0.2) is 0 Å². The van der Waals surface area contributed by atoms with Gasteiger partial charge in [-0.05, 0) is 38.0 Å². The highest BCUT2D eigenvalue weighted by Gasteiger charge is 2.15. The predicted molar refractivity (Wildman–Crippen MR) is 128 cm³/mol. The van der Waals surface area contributed by atoms with Gasteiger partial charge in [0.1, 0.15) is 0 Å². The van der Waals surface area contributed by atoms with Gasteiger partial charge in [0, 0.05) is 12.8 Å². The predicted octanol–water partition coefficient (Wildman–Crippen LogP) is 7.91. The lowest BCUT2D eigenvalue weighted by molar-refractivity contribution is -0.147. The highest BCUT2D eigenvalue weighted by Crippen LogP contribution is 2.23. The Balaban J connectivity index is 1.78. The Kier molecular flexibility index (Phi) is 18.8. The molecular weight excluding hydrogens is 388 g/mol. The topological polar surface area (TPSA) is 52.6 Å². The quantitative estimate of drug-likeness (QED) is 0.143. The molecule has 0 atom stereocenters. The van der Waals surface area contributed by atoms with Crippen LogP contribution in [0.5, 0.6) is 0 Å². The molecule has 0 unspecified atom stereocenters. The van der Waals surface area contributed by atoms with Gasteiger partial charge in [0.25, 0.3) is 0 Å². The third-order valence-electron chi connectivity index (χ3n) is 6.48. The smallest absolute Gasteiger partial charge is 0.305 e. The molecule has 0 amide bonds. The number of unbranched alkanes of at least 4 members (excludes halogenated alkanes) is 12. The van der Waals surface area contributed by atoms with Crippen molar-refractivity contribution >= 4 is 11.9 Å². The zero-order valence-corrected chi connectivity index (χ0v) is 20.5. The lowest BCUT2D eigenvalue weighted by Crippen LogP contribution is -2.16. The second-order valence-electron chi connectivity index (χ2n) is 9.50. The molecule has 4 nitrogen and oxygen atoms in total. The van der Waals surface area contributed by atoms with Gasteiger partial charge >= 0.3 is 11.9 Å². The first-order valence-electron chi connectivity index (χ1n) is 13.5. The van der Waals surface area contributed by atoms with Crippen molar-refractivity contribution in [3.05, 3.63) is 0 Å². The average molecular weight is 439 g/mol. The van der Waals surface area contributed by atoms with Crippen LogP contribution in [0.1, 0.15) is 142 Å². The van der Waals surface area contributed by atoms with E-state index < -0.39 is 0 Å². The van der Waals surface area contributed by atoms with Crippen molar-refractivity contribution in [3.63, 3.8) is 0 Å². The van der Waals surface area contributed by atoms with E-state index in [-0.39, 0.29) is 11.9 Å². The second kappa shape index (κ2) is 20.8. The third kappa shape index (κ3) is 18.2. The van der Waals surface area contributed by atoms with Crippen LogP contribution in [0.4, 0.5) is 0 Å². The molecule has 4 heteroatoms. The first kappa shape index (κ1) is 28.0. The van der Waals surface area contributed by atoms with E-state index >= 15 is 0 Å². The molecule has 0 bridgehead atoms. The Morgan fingerprint density at radius 1 is 0.613 bits per heavy atom. The van der Waals surface area contributed by atoms with Crippen LogP contribution >= 0.6 is 0 Å². The molecule has 1 fully saturated rings. The minimum Gasteiger partial charge on any atom is -0.466 e. The summed E-state index contributed by atoms with van der Waals surface area (Å²) in [6.45, 7) is 3.39. The molecule has 0 radical (unpaired) electrons. The average Bonchev–Trinajstić information content (AvgIpc) is 2.79. The Morgan fingerprint density at radius 3 is 1.65 bits per heavy atom. The molecule has 0 aromatic carbocycles. The van der Waals surface area contributed by atoms with Crippen LogP contribution in [0.15, 0.2) is 0 Å². The molecule has 0 spiro atoms. The van der Waals surface area contributed by atoms with E-state index in [0.29, 0.717) is 44.8 Å². The van der Waals surface area contributed by atoms with Crippen molar-refractivity contribution in [2.75, 3.05) is 13.2 Å². The van der Waals surface area contributed by atoms with Crippen LogP contribution in [0.2, 0.25) is 0 Å². The minimum absolute atomic E-state index is 0.115. The third-order valence-corrected chi connectivity index (χ3v) is 6.48. The highest BCUT2D eigenvalue weighted by atomic mass is 16.5. The zero-order valence-electron chi connectivity index (χ0n) is 20.5. The van der Waals surface area contributed by atoms with E-state index in [0.717, 1.165) is 12.8 Å². The summed E-state index contributed by atoms with van der Waals surface area (Å²) in [4.78, 5) is 23.6. The number of carbonyl (C=O) groups is 2. The lowest BCUT2D eigenvalue weighted by atomic mass is 9.90. The van der Waals surface area contributed by atoms with Gasteiger partial charge < -0.3 is 9.47 Å². The zero-order chi connectivity index (χ0) is 22.4. The Hall–Kier alpha value is -1.06. The summed E-state index contributed by atoms with van der Waals surface area (Å²) < 4.78 is 10.7. The van der Waals surface area contributed by atoms with Gasteiger partial charge in [-0.3, -0.25) is 9.59 Å². The number of esters is 2. The van der Waals surface area contributed by atoms with Crippen LogP contribution in [-0.2, 0) is 19.1 Å². The molecule has 0 aromatic heterocycles. The maximum atomic E-state index is 11.8. The minimum atomic E-state index is -0.126. The van der Waals surface area contributed by atoms with E-state index in [9.17, 15) is 9.59 Å². The van der Waals surface area contributed by atoms with Crippen LogP contribution in [0.25, 0.3) is 0 Å². The molecule has 1 aliphatic carbocycles. The first-order valence-corrected chi connectivity index (χ1v) is 13.5. The standard InChI is InChI=1S/C27H50O4/c1-2-3-4-5-6-7-8-9-10-11-12-18-23-30-26(28)21-16-17-22-27(29)31-24-25-19-14-13-15-20-25/h25H,2-24H2,1H3.